The largest absolute Gasteiger partial charge is 0.317 e. The van der Waals surface area contributed by atoms with E-state index in [1.807, 2.05) is 0 Å². The Morgan fingerprint density at radius 2 is 0.887 bits per heavy atom. The number of hydrogen-bond donors (Lipinski definition) is 0. The van der Waals surface area contributed by atoms with E-state index in [0.29, 0.717) is 0 Å². The van der Waals surface area contributed by atoms with Gasteiger partial charge in [0.2, 0.25) is 0 Å². The second kappa shape index (κ2) is 12.7. The van der Waals surface area contributed by atoms with E-state index in [1.165, 1.54) is 55.4 Å². The predicted molar refractivity (Wildman–Crippen MR) is 221 cm³/mol. The average Bonchev–Trinajstić information content (AvgIpc) is 3.80. The van der Waals surface area contributed by atoms with Crippen LogP contribution in [-0.4, -0.2) is 4.57 Å². The van der Waals surface area contributed by atoms with Gasteiger partial charge in [-0.15, -0.1) is 0 Å². The highest BCUT2D eigenvalue weighted by Gasteiger charge is 2.46. The van der Waals surface area contributed by atoms with E-state index in [4.69, 9.17) is 0 Å². The van der Waals surface area contributed by atoms with E-state index in [-0.39, 0.29) is 0 Å². The number of para-hydroxylation sites is 2. The highest BCUT2D eigenvalue weighted by molar-refractivity contribution is 5.91. The molecule has 0 amide bonds. The number of aromatic nitrogens is 1. The van der Waals surface area contributed by atoms with Gasteiger partial charge in [-0.3, -0.25) is 0 Å². The molecular formula is C51H36N2. The third-order valence-corrected chi connectivity index (χ3v) is 10.9. The zero-order chi connectivity index (χ0) is 35.2. The molecule has 10 rings (SSSR count). The van der Waals surface area contributed by atoms with Crippen molar-refractivity contribution in [1.29, 1.82) is 0 Å². The maximum Gasteiger partial charge on any atom is 0.0713 e. The number of anilines is 3. The molecule has 53 heavy (non-hydrogen) atoms. The van der Waals surface area contributed by atoms with Crippen LogP contribution in [0.4, 0.5) is 17.1 Å². The molecule has 250 valence electrons. The van der Waals surface area contributed by atoms with E-state index < -0.39 is 5.41 Å². The summed E-state index contributed by atoms with van der Waals surface area (Å²) in [6.45, 7) is 0. The Labute approximate surface area is 310 Å². The first kappa shape index (κ1) is 30.9. The average molecular weight is 677 g/mol. The summed E-state index contributed by atoms with van der Waals surface area (Å²) in [5.74, 6) is 0. The molecule has 0 saturated heterocycles. The summed E-state index contributed by atoms with van der Waals surface area (Å²) in [4.78, 5) is 2.29. The van der Waals surface area contributed by atoms with Crippen LogP contribution in [0.3, 0.4) is 0 Å². The van der Waals surface area contributed by atoms with Crippen molar-refractivity contribution in [2.24, 2.45) is 0 Å². The molecule has 0 radical (unpaired) electrons. The van der Waals surface area contributed by atoms with Gasteiger partial charge in [0.05, 0.1) is 10.9 Å². The molecule has 0 N–H and O–H groups in total. The van der Waals surface area contributed by atoms with Gasteiger partial charge in [-0.05, 0) is 117 Å². The van der Waals surface area contributed by atoms with Crippen molar-refractivity contribution in [2.75, 3.05) is 4.90 Å². The topological polar surface area (TPSA) is 8.17 Å². The molecule has 0 unspecified atom stereocenters. The van der Waals surface area contributed by atoms with Crippen molar-refractivity contribution >= 4 is 28.0 Å². The first-order valence-electron chi connectivity index (χ1n) is 18.3. The Kier molecular flexibility index (Phi) is 7.40. The molecule has 2 heteroatoms. The quantitative estimate of drug-likeness (QED) is 0.163. The van der Waals surface area contributed by atoms with E-state index in [1.54, 1.807) is 0 Å². The van der Waals surface area contributed by atoms with Crippen molar-refractivity contribution in [3.05, 3.63) is 241 Å². The molecule has 0 spiro atoms. The van der Waals surface area contributed by atoms with Crippen molar-refractivity contribution in [2.45, 2.75) is 5.41 Å². The van der Waals surface area contributed by atoms with Crippen LogP contribution in [0.15, 0.2) is 219 Å². The van der Waals surface area contributed by atoms with Gasteiger partial charge in [0.1, 0.15) is 0 Å². The van der Waals surface area contributed by atoms with Crippen LogP contribution in [0.25, 0.3) is 38.8 Å². The molecule has 0 fully saturated rings. The van der Waals surface area contributed by atoms with Gasteiger partial charge >= 0.3 is 0 Å². The maximum absolute atomic E-state index is 2.44. The van der Waals surface area contributed by atoms with Gasteiger partial charge < -0.3 is 9.47 Å². The minimum atomic E-state index is -0.416. The lowest BCUT2D eigenvalue weighted by atomic mass is 9.67. The Morgan fingerprint density at radius 3 is 1.53 bits per heavy atom. The highest BCUT2D eigenvalue weighted by atomic mass is 15.1. The predicted octanol–water partition coefficient (Wildman–Crippen LogP) is 13.1. The molecule has 1 heterocycles. The zero-order valence-corrected chi connectivity index (χ0v) is 29.2. The molecule has 2 nitrogen and oxygen atoms in total. The van der Waals surface area contributed by atoms with Gasteiger partial charge in [-0.25, -0.2) is 0 Å². The summed E-state index contributed by atoms with van der Waals surface area (Å²) in [7, 11) is 0. The second-order valence-electron chi connectivity index (χ2n) is 13.8. The van der Waals surface area contributed by atoms with E-state index in [0.717, 1.165) is 22.7 Å². The second-order valence-corrected chi connectivity index (χ2v) is 13.8. The Balaban J connectivity index is 1.04. The Morgan fingerprint density at radius 1 is 0.377 bits per heavy atom. The van der Waals surface area contributed by atoms with E-state index >= 15 is 0 Å². The van der Waals surface area contributed by atoms with Crippen LogP contribution < -0.4 is 4.90 Å². The third-order valence-electron chi connectivity index (χ3n) is 10.9. The number of rotatable bonds is 7. The first-order chi connectivity index (χ1) is 26.3. The van der Waals surface area contributed by atoms with Crippen LogP contribution in [0.5, 0.6) is 0 Å². The molecule has 1 aliphatic carbocycles. The standard InChI is InChI=1S/C51H36N2/c1-5-15-40(16-6-1)51(41-17-7-2-8-18-41)48-24-14-13-23-46(48)47-31-25-38(36-49(47)51)37-26-32-50-39(35-37)33-34-52(50)42-27-29-45(30-28-42)53(43-19-9-3-10-20-43)44-21-11-4-12-22-44/h1-36H. The van der Waals surface area contributed by atoms with Crippen LogP contribution >= 0.6 is 0 Å². The molecule has 8 aromatic carbocycles. The summed E-state index contributed by atoms with van der Waals surface area (Å²) in [5.41, 5.74) is 15.5. The van der Waals surface area contributed by atoms with Crippen molar-refractivity contribution in [3.8, 4) is 27.9 Å². The third kappa shape index (κ3) is 5.03. The lowest BCUT2D eigenvalue weighted by Gasteiger charge is -2.34. The van der Waals surface area contributed by atoms with Crippen LogP contribution in [0.2, 0.25) is 0 Å². The molecule has 0 bridgehead atoms. The molecule has 0 atom stereocenters. The monoisotopic (exact) mass is 676 g/mol. The smallest absolute Gasteiger partial charge is 0.0713 e. The SMILES string of the molecule is c1ccc(N(c2ccccc2)c2ccc(-n3ccc4cc(-c5ccc6c(c5)C(c5ccccc5)(c5ccccc5)c5ccccc5-6)ccc43)cc2)cc1. The lowest BCUT2D eigenvalue weighted by Crippen LogP contribution is -2.28. The van der Waals surface area contributed by atoms with Crippen LogP contribution in [0, 0.1) is 0 Å². The van der Waals surface area contributed by atoms with Crippen LogP contribution in [-0.2, 0) is 5.41 Å². The van der Waals surface area contributed by atoms with Gasteiger partial charge in [0.15, 0.2) is 0 Å². The van der Waals surface area contributed by atoms with Gasteiger partial charge in [-0.1, -0.05) is 140 Å². The summed E-state index contributed by atoms with van der Waals surface area (Å²) in [5, 5.41) is 1.21. The fourth-order valence-corrected chi connectivity index (χ4v) is 8.53. The number of fused-ring (bicyclic) bond motifs is 4. The van der Waals surface area contributed by atoms with E-state index in [9.17, 15) is 0 Å². The van der Waals surface area contributed by atoms with Crippen molar-refractivity contribution in [1.82, 2.24) is 4.57 Å². The summed E-state index contributed by atoms with van der Waals surface area (Å²) < 4.78 is 2.29. The molecule has 0 aliphatic heterocycles. The number of benzene rings is 8. The normalized spacial score (nSPS) is 12.7. The summed E-state index contributed by atoms with van der Waals surface area (Å²) in [6, 6.07) is 77.1. The maximum atomic E-state index is 2.44. The van der Waals surface area contributed by atoms with Crippen molar-refractivity contribution in [3.63, 3.8) is 0 Å². The first-order valence-corrected chi connectivity index (χ1v) is 18.3. The Bertz CT molecular complexity index is 2620. The molecule has 1 aromatic heterocycles. The van der Waals surface area contributed by atoms with Crippen molar-refractivity contribution < 1.29 is 0 Å². The molecule has 0 saturated carbocycles. The van der Waals surface area contributed by atoms with Gasteiger partial charge in [0.25, 0.3) is 0 Å². The molecular weight excluding hydrogens is 641 g/mol. The van der Waals surface area contributed by atoms with Gasteiger partial charge in [-0.2, -0.15) is 0 Å². The highest BCUT2D eigenvalue weighted by Crippen LogP contribution is 2.56. The summed E-state index contributed by atoms with van der Waals surface area (Å²) >= 11 is 0. The Hall–Kier alpha value is -6.90. The molecule has 9 aromatic rings. The summed E-state index contributed by atoms with van der Waals surface area (Å²) in [6.07, 6.45) is 2.19. The minimum absolute atomic E-state index is 0.416. The fourth-order valence-electron chi connectivity index (χ4n) is 8.53. The fraction of sp³-hybridized carbons (Fsp3) is 0.0196. The lowest BCUT2D eigenvalue weighted by molar-refractivity contribution is 0.769. The van der Waals surface area contributed by atoms with Crippen LogP contribution in [0.1, 0.15) is 22.3 Å². The number of nitrogens with zero attached hydrogens (tertiary/aromatic N) is 2. The van der Waals surface area contributed by atoms with Gasteiger partial charge in [0, 0.05) is 34.3 Å². The molecule has 1 aliphatic rings. The minimum Gasteiger partial charge on any atom is -0.317 e. The number of hydrogen-bond acceptors (Lipinski definition) is 1. The van der Waals surface area contributed by atoms with E-state index in [2.05, 4.69) is 228 Å². The zero-order valence-electron chi connectivity index (χ0n) is 29.2.